The van der Waals surface area contributed by atoms with Gasteiger partial charge in [-0.3, -0.25) is 12.2 Å². The van der Waals surface area contributed by atoms with Crippen LogP contribution in [-0.4, -0.2) is 23.1 Å². The monoisotopic (exact) mass is 234 g/mol. The number of allylic oxidation sites excluding steroid dienone is 10. The zero-order valence-corrected chi connectivity index (χ0v) is 11.8. The molecule has 84 valence electrons. The molecule has 0 bridgehead atoms. The molecule has 0 radical (unpaired) electrons. The maximum Gasteiger partial charge on any atom is 2.00 e. The van der Waals surface area contributed by atoms with Gasteiger partial charge in [0.15, 0.2) is 0 Å². The Balaban J connectivity index is 0.000000284. The van der Waals surface area contributed by atoms with Crippen molar-refractivity contribution in [3.8, 4) is 0 Å². The van der Waals surface area contributed by atoms with Gasteiger partial charge in [-0.2, -0.15) is 12.2 Å². The molecule has 2 rings (SSSR count). The van der Waals surface area contributed by atoms with Crippen molar-refractivity contribution < 1.29 is 0 Å². The summed E-state index contributed by atoms with van der Waals surface area (Å²) in [6.07, 6.45) is 22.5. The summed E-state index contributed by atoms with van der Waals surface area (Å²) in [4.78, 5) is 0. The molecule has 0 saturated carbocycles. The van der Waals surface area contributed by atoms with Crippen LogP contribution in [0.1, 0.15) is 25.7 Å². The molecule has 0 aromatic rings. The second kappa shape index (κ2) is 10.4. The smallest absolute Gasteiger partial charge is 0.269 e. The van der Waals surface area contributed by atoms with E-state index >= 15 is 0 Å². The molecule has 0 aromatic carbocycles. The van der Waals surface area contributed by atoms with Crippen LogP contribution in [0.5, 0.6) is 0 Å². The molecule has 0 nitrogen and oxygen atoms in total. The van der Waals surface area contributed by atoms with Crippen LogP contribution in [0.3, 0.4) is 0 Å². The molecule has 0 N–H and O–H groups in total. The van der Waals surface area contributed by atoms with Crippen molar-refractivity contribution in [2.45, 2.75) is 25.7 Å². The first kappa shape index (κ1) is 16.2. The molecule has 0 aliphatic heterocycles. The Bertz CT molecular complexity index is 318. The van der Waals surface area contributed by atoms with E-state index in [0.717, 1.165) is 25.7 Å². The second-order valence-corrected chi connectivity index (χ2v) is 3.60. The summed E-state index contributed by atoms with van der Waals surface area (Å²) < 4.78 is 0. The molecular weight excluding hydrogens is 216 g/mol. The molecule has 0 saturated heterocycles. The fourth-order valence-electron chi connectivity index (χ4n) is 1.49. The number of hydrogen-bond donors (Lipinski definition) is 0. The third-order valence-electron chi connectivity index (χ3n) is 2.26. The van der Waals surface area contributed by atoms with E-state index in [-0.39, 0.29) is 23.1 Å². The first-order chi connectivity index (χ1) is 7.86. The van der Waals surface area contributed by atoms with Crippen molar-refractivity contribution in [2.75, 3.05) is 0 Å². The fourth-order valence-corrected chi connectivity index (χ4v) is 1.49. The zero-order chi connectivity index (χ0) is 11.6. The molecule has 0 heterocycles. The van der Waals surface area contributed by atoms with E-state index in [2.05, 4.69) is 49.6 Å². The van der Waals surface area contributed by atoms with E-state index < -0.39 is 0 Å². The Morgan fingerprint density at radius 1 is 0.941 bits per heavy atom. The topological polar surface area (TPSA) is 0 Å². The van der Waals surface area contributed by atoms with Crippen LogP contribution in [0.15, 0.2) is 60.8 Å². The van der Waals surface area contributed by atoms with Crippen molar-refractivity contribution in [2.24, 2.45) is 0 Å². The van der Waals surface area contributed by atoms with Crippen molar-refractivity contribution in [3.05, 3.63) is 72.9 Å². The van der Waals surface area contributed by atoms with Gasteiger partial charge in [-0.15, -0.1) is 26.0 Å². The van der Waals surface area contributed by atoms with E-state index in [4.69, 9.17) is 0 Å². The van der Waals surface area contributed by atoms with Gasteiger partial charge >= 0.3 is 23.1 Å². The first-order valence-electron chi connectivity index (χ1n) is 5.61. The standard InChI is InChI=1S/2C8H9.Mg/c2*1-2-5-8-6-3-4-7-8;/h2*2-3,6H,1,4-5H2;/q2*-1;+2. The van der Waals surface area contributed by atoms with Gasteiger partial charge in [-0.25, -0.2) is 23.3 Å². The van der Waals surface area contributed by atoms with Gasteiger partial charge in [0.25, 0.3) is 0 Å². The molecular formula is C16H18Mg. The van der Waals surface area contributed by atoms with Crippen molar-refractivity contribution in [3.63, 3.8) is 0 Å². The van der Waals surface area contributed by atoms with Crippen LogP contribution >= 0.6 is 0 Å². The minimum atomic E-state index is 0. The average molecular weight is 235 g/mol. The molecule has 0 unspecified atom stereocenters. The summed E-state index contributed by atoms with van der Waals surface area (Å²) >= 11 is 0. The normalized spacial score (nSPS) is 15.3. The summed E-state index contributed by atoms with van der Waals surface area (Å²) in [5.41, 5.74) is 2.56. The molecule has 1 heteroatoms. The summed E-state index contributed by atoms with van der Waals surface area (Å²) in [6.45, 7) is 7.26. The van der Waals surface area contributed by atoms with E-state index in [1.165, 1.54) is 11.1 Å². The van der Waals surface area contributed by atoms with Gasteiger partial charge in [-0.1, -0.05) is 12.2 Å². The Hall–Kier alpha value is -0.794. The van der Waals surface area contributed by atoms with Crippen molar-refractivity contribution in [1.82, 2.24) is 0 Å². The van der Waals surface area contributed by atoms with Crippen LogP contribution in [0.4, 0.5) is 0 Å². The number of hydrogen-bond acceptors (Lipinski definition) is 0. The minimum absolute atomic E-state index is 0. The predicted octanol–water partition coefficient (Wildman–Crippen LogP) is 4.12. The fraction of sp³-hybridized carbons (Fsp3) is 0.250. The molecule has 0 fully saturated rings. The van der Waals surface area contributed by atoms with Gasteiger partial charge in [0.05, 0.1) is 0 Å². The van der Waals surface area contributed by atoms with Crippen LogP contribution in [-0.2, 0) is 0 Å². The molecule has 2 aliphatic rings. The van der Waals surface area contributed by atoms with Crippen molar-refractivity contribution >= 4 is 23.1 Å². The summed E-state index contributed by atoms with van der Waals surface area (Å²) in [6, 6.07) is 0. The average Bonchev–Trinajstić information content (AvgIpc) is 2.92. The van der Waals surface area contributed by atoms with Crippen molar-refractivity contribution in [1.29, 1.82) is 0 Å². The van der Waals surface area contributed by atoms with E-state index in [9.17, 15) is 0 Å². The largest absolute Gasteiger partial charge is 2.00 e. The molecule has 0 aromatic heterocycles. The molecule has 2 aliphatic carbocycles. The van der Waals surface area contributed by atoms with Crippen LogP contribution in [0.25, 0.3) is 0 Å². The maximum atomic E-state index is 3.63. The summed E-state index contributed by atoms with van der Waals surface area (Å²) in [5, 5.41) is 0. The molecule has 17 heavy (non-hydrogen) atoms. The summed E-state index contributed by atoms with van der Waals surface area (Å²) in [7, 11) is 0. The first-order valence-corrected chi connectivity index (χ1v) is 5.61. The minimum Gasteiger partial charge on any atom is -0.269 e. The maximum absolute atomic E-state index is 3.63. The zero-order valence-electron chi connectivity index (χ0n) is 10.4. The Labute approximate surface area is 121 Å². The molecule has 0 atom stereocenters. The van der Waals surface area contributed by atoms with E-state index in [1.54, 1.807) is 0 Å². The summed E-state index contributed by atoms with van der Waals surface area (Å²) in [5.74, 6) is 0. The Kier molecular flexibility index (Phi) is 9.88. The third kappa shape index (κ3) is 7.19. The van der Waals surface area contributed by atoms with E-state index in [0.29, 0.717) is 0 Å². The van der Waals surface area contributed by atoms with Gasteiger partial charge in [-0.05, 0) is 12.8 Å². The van der Waals surface area contributed by atoms with Gasteiger partial charge in [0, 0.05) is 0 Å². The number of rotatable bonds is 4. The van der Waals surface area contributed by atoms with Crippen LogP contribution in [0.2, 0.25) is 0 Å². The predicted molar refractivity (Wildman–Crippen MR) is 76.4 cm³/mol. The van der Waals surface area contributed by atoms with Crippen LogP contribution < -0.4 is 0 Å². The molecule has 0 amide bonds. The third-order valence-corrected chi connectivity index (χ3v) is 2.26. The second-order valence-electron chi connectivity index (χ2n) is 3.60. The SMILES string of the molecule is C=CCC1=[C-]CC=C1.C=CCC1=[C-]CC=C1.[Mg+2]. The van der Waals surface area contributed by atoms with Gasteiger partial charge in [0.2, 0.25) is 0 Å². The Morgan fingerprint density at radius 3 is 1.59 bits per heavy atom. The quantitative estimate of drug-likeness (QED) is 0.390. The van der Waals surface area contributed by atoms with Gasteiger partial charge < -0.3 is 0 Å². The Morgan fingerprint density at radius 2 is 1.35 bits per heavy atom. The van der Waals surface area contributed by atoms with Crippen LogP contribution in [0, 0.1) is 12.2 Å². The van der Waals surface area contributed by atoms with Gasteiger partial charge in [0.1, 0.15) is 0 Å². The molecule has 0 spiro atoms. The van der Waals surface area contributed by atoms with E-state index in [1.807, 2.05) is 12.2 Å².